The Morgan fingerprint density at radius 1 is 1.13 bits per heavy atom. The minimum absolute atomic E-state index is 0.00637. The normalized spacial score (nSPS) is 14.5. The molecule has 0 amide bonds. The van der Waals surface area contributed by atoms with Gasteiger partial charge in [0.05, 0.1) is 7.11 Å². The molecular weight excluding hydrogens is 184 g/mol. The zero-order valence-corrected chi connectivity index (χ0v) is 11.6. The molecule has 0 spiro atoms. The van der Waals surface area contributed by atoms with Gasteiger partial charge in [-0.15, -0.1) is 0 Å². The first-order valence-electron chi connectivity index (χ1n) is 5.63. The fraction of sp³-hybridized carbons (Fsp3) is 0.714. The van der Waals surface area contributed by atoms with Crippen molar-refractivity contribution in [2.24, 2.45) is 11.3 Å². The maximum atomic E-state index is 5.57. The van der Waals surface area contributed by atoms with E-state index in [4.69, 9.17) is 4.74 Å². The van der Waals surface area contributed by atoms with E-state index >= 15 is 0 Å². The van der Waals surface area contributed by atoms with E-state index in [9.17, 15) is 0 Å². The molecule has 0 aromatic carbocycles. The lowest BCUT2D eigenvalue weighted by Crippen LogP contribution is -2.26. The van der Waals surface area contributed by atoms with Crippen molar-refractivity contribution in [3.05, 3.63) is 23.0 Å². The Bertz CT molecular complexity index is 263. The molecule has 0 aromatic rings. The summed E-state index contributed by atoms with van der Waals surface area (Å²) in [6.07, 6.45) is 2.31. The van der Waals surface area contributed by atoms with Gasteiger partial charge < -0.3 is 4.74 Å². The Hall–Kier alpha value is -0.720. The van der Waals surface area contributed by atoms with Gasteiger partial charge in [0.25, 0.3) is 0 Å². The van der Waals surface area contributed by atoms with E-state index in [-0.39, 0.29) is 5.41 Å². The molecule has 0 fully saturated rings. The monoisotopic (exact) mass is 210 g/mol. The van der Waals surface area contributed by atoms with Gasteiger partial charge >= 0.3 is 0 Å². The Labute approximate surface area is 95.2 Å². The molecule has 88 valence electrons. The molecule has 1 nitrogen and oxygen atoms in total. The number of hydrogen-bond donors (Lipinski definition) is 0. The van der Waals surface area contributed by atoms with Crippen LogP contribution in [0.5, 0.6) is 0 Å². The number of methoxy groups -OCH3 is 1. The average Bonchev–Trinajstić information content (AvgIpc) is 2.02. The Morgan fingerprint density at radius 2 is 1.60 bits per heavy atom. The summed E-state index contributed by atoms with van der Waals surface area (Å²) in [5.41, 5.74) is 2.60. The molecule has 0 N–H and O–H groups in total. The highest BCUT2D eigenvalue weighted by Crippen LogP contribution is 2.39. The van der Waals surface area contributed by atoms with E-state index in [0.717, 1.165) is 5.76 Å². The van der Waals surface area contributed by atoms with Crippen LogP contribution >= 0.6 is 0 Å². The first-order chi connectivity index (χ1) is 6.75. The molecular formula is C14H26O. The molecule has 0 aliphatic carbocycles. The summed E-state index contributed by atoms with van der Waals surface area (Å²) in [6, 6.07) is 0. The first kappa shape index (κ1) is 14.3. The third-order valence-electron chi connectivity index (χ3n) is 2.94. The molecule has 1 heteroatoms. The molecule has 0 bridgehead atoms. The number of hydrogen-bond acceptors (Lipinski definition) is 1. The van der Waals surface area contributed by atoms with Gasteiger partial charge in [-0.2, -0.15) is 0 Å². The summed E-state index contributed by atoms with van der Waals surface area (Å²) >= 11 is 0. The SMILES string of the molecule is COC(=C(C)C)C(C)(C=C(C)C)C(C)C. The Morgan fingerprint density at radius 3 is 1.80 bits per heavy atom. The summed E-state index contributed by atoms with van der Waals surface area (Å²) < 4.78 is 5.57. The fourth-order valence-corrected chi connectivity index (χ4v) is 2.06. The van der Waals surface area contributed by atoms with Crippen LogP contribution in [0.25, 0.3) is 0 Å². The molecule has 0 aliphatic heterocycles. The zero-order chi connectivity index (χ0) is 12.2. The van der Waals surface area contributed by atoms with Gasteiger partial charge in [0, 0.05) is 5.41 Å². The van der Waals surface area contributed by atoms with Gasteiger partial charge in [0.1, 0.15) is 5.76 Å². The Kier molecular flexibility index (Phi) is 5.13. The zero-order valence-electron chi connectivity index (χ0n) is 11.6. The van der Waals surface area contributed by atoms with Crippen LogP contribution in [0.15, 0.2) is 23.0 Å². The van der Waals surface area contributed by atoms with Gasteiger partial charge in [-0.3, -0.25) is 0 Å². The molecule has 0 rings (SSSR count). The second-order valence-corrected chi connectivity index (χ2v) is 5.19. The molecule has 1 unspecified atom stereocenters. The van der Waals surface area contributed by atoms with Crippen LogP contribution in [0, 0.1) is 11.3 Å². The van der Waals surface area contributed by atoms with Crippen LogP contribution < -0.4 is 0 Å². The van der Waals surface area contributed by atoms with Gasteiger partial charge in [-0.05, 0) is 46.1 Å². The van der Waals surface area contributed by atoms with Crippen molar-refractivity contribution in [2.45, 2.75) is 48.5 Å². The van der Waals surface area contributed by atoms with Gasteiger partial charge in [0.15, 0.2) is 0 Å². The highest BCUT2D eigenvalue weighted by atomic mass is 16.5. The van der Waals surface area contributed by atoms with Crippen molar-refractivity contribution in [2.75, 3.05) is 7.11 Å². The molecule has 0 saturated carbocycles. The molecule has 15 heavy (non-hydrogen) atoms. The summed E-state index contributed by atoms with van der Waals surface area (Å²) in [7, 11) is 1.77. The maximum absolute atomic E-state index is 5.57. The van der Waals surface area contributed by atoms with E-state index in [1.54, 1.807) is 7.11 Å². The lowest BCUT2D eigenvalue weighted by molar-refractivity contribution is 0.171. The smallest absolute Gasteiger partial charge is 0.104 e. The summed E-state index contributed by atoms with van der Waals surface area (Å²) in [6.45, 7) is 15.2. The number of allylic oxidation sites excluding steroid dienone is 3. The predicted octanol–water partition coefficient (Wildman–Crippen LogP) is 4.56. The largest absolute Gasteiger partial charge is 0.500 e. The number of rotatable bonds is 4. The number of ether oxygens (including phenoxy) is 1. The standard InChI is InChI=1S/C14H26O/c1-10(2)9-14(7,12(5)6)13(15-8)11(3)4/h9,12H,1-8H3. The molecule has 0 radical (unpaired) electrons. The molecule has 0 heterocycles. The van der Waals surface area contributed by atoms with Crippen molar-refractivity contribution in [1.29, 1.82) is 0 Å². The second-order valence-electron chi connectivity index (χ2n) is 5.19. The van der Waals surface area contributed by atoms with Gasteiger partial charge in [0.2, 0.25) is 0 Å². The second kappa shape index (κ2) is 5.39. The third-order valence-corrected chi connectivity index (χ3v) is 2.94. The van der Waals surface area contributed by atoms with Crippen LogP contribution in [0.1, 0.15) is 48.5 Å². The highest BCUT2D eigenvalue weighted by molar-refractivity contribution is 5.22. The molecule has 0 saturated heterocycles. The quantitative estimate of drug-likeness (QED) is 0.488. The maximum Gasteiger partial charge on any atom is 0.104 e. The minimum atomic E-state index is 0.00637. The summed E-state index contributed by atoms with van der Waals surface area (Å²) in [4.78, 5) is 0. The third kappa shape index (κ3) is 3.40. The van der Waals surface area contributed by atoms with E-state index < -0.39 is 0 Å². The first-order valence-corrected chi connectivity index (χ1v) is 5.63. The van der Waals surface area contributed by atoms with E-state index in [1.165, 1.54) is 11.1 Å². The fourth-order valence-electron chi connectivity index (χ4n) is 2.06. The molecule has 1 atom stereocenters. The van der Waals surface area contributed by atoms with Crippen molar-refractivity contribution < 1.29 is 4.74 Å². The van der Waals surface area contributed by atoms with Gasteiger partial charge in [-0.25, -0.2) is 0 Å². The Balaban J connectivity index is 5.49. The molecule has 0 aliphatic rings. The van der Waals surface area contributed by atoms with Crippen molar-refractivity contribution in [3.63, 3.8) is 0 Å². The van der Waals surface area contributed by atoms with Crippen LogP contribution in [0.2, 0.25) is 0 Å². The predicted molar refractivity (Wildman–Crippen MR) is 67.8 cm³/mol. The highest BCUT2D eigenvalue weighted by Gasteiger charge is 2.32. The van der Waals surface area contributed by atoms with Crippen molar-refractivity contribution in [1.82, 2.24) is 0 Å². The van der Waals surface area contributed by atoms with Crippen LogP contribution in [0.3, 0.4) is 0 Å². The molecule has 0 aromatic heterocycles. The summed E-state index contributed by atoms with van der Waals surface area (Å²) in [5.74, 6) is 1.62. The van der Waals surface area contributed by atoms with Crippen LogP contribution in [-0.2, 0) is 4.74 Å². The minimum Gasteiger partial charge on any atom is -0.500 e. The van der Waals surface area contributed by atoms with E-state index in [2.05, 4.69) is 54.5 Å². The van der Waals surface area contributed by atoms with E-state index in [1.807, 2.05) is 0 Å². The lowest BCUT2D eigenvalue weighted by Gasteiger charge is -2.34. The summed E-state index contributed by atoms with van der Waals surface area (Å²) in [5, 5.41) is 0. The van der Waals surface area contributed by atoms with Crippen molar-refractivity contribution >= 4 is 0 Å². The van der Waals surface area contributed by atoms with Crippen molar-refractivity contribution in [3.8, 4) is 0 Å². The van der Waals surface area contributed by atoms with E-state index in [0.29, 0.717) is 5.92 Å². The van der Waals surface area contributed by atoms with Crippen LogP contribution in [0.4, 0.5) is 0 Å². The van der Waals surface area contributed by atoms with Gasteiger partial charge in [-0.1, -0.05) is 25.5 Å². The average molecular weight is 210 g/mol. The topological polar surface area (TPSA) is 9.23 Å². The van der Waals surface area contributed by atoms with Crippen LogP contribution in [-0.4, -0.2) is 7.11 Å². The lowest BCUT2D eigenvalue weighted by atomic mass is 9.75.